The molecule has 3 rings (SSSR count). The predicted molar refractivity (Wildman–Crippen MR) is 96.8 cm³/mol. The van der Waals surface area contributed by atoms with Gasteiger partial charge in [-0.1, -0.05) is 30.3 Å². The Kier molecular flexibility index (Phi) is 5.71. The van der Waals surface area contributed by atoms with Gasteiger partial charge in [-0.2, -0.15) is 0 Å². The van der Waals surface area contributed by atoms with Crippen LogP contribution in [-0.2, 0) is 9.59 Å². The van der Waals surface area contributed by atoms with Crippen molar-refractivity contribution in [3.05, 3.63) is 35.9 Å². The zero-order valence-corrected chi connectivity index (χ0v) is 14.9. The lowest BCUT2D eigenvalue weighted by Gasteiger charge is -2.43. The summed E-state index contributed by atoms with van der Waals surface area (Å²) in [5.41, 5.74) is 6.47. The van der Waals surface area contributed by atoms with Gasteiger partial charge < -0.3 is 15.5 Å². The van der Waals surface area contributed by atoms with Crippen LogP contribution in [0.2, 0.25) is 0 Å². The molecule has 6 heteroatoms. The third-order valence-corrected chi connectivity index (χ3v) is 5.37. The number of rotatable bonds is 4. The Morgan fingerprint density at radius 3 is 2.40 bits per heavy atom. The lowest BCUT2D eigenvalue weighted by Crippen LogP contribution is -2.52. The fourth-order valence-corrected chi connectivity index (χ4v) is 3.94. The Hall–Kier alpha value is -1.92. The van der Waals surface area contributed by atoms with E-state index in [4.69, 9.17) is 5.73 Å². The fourth-order valence-electron chi connectivity index (χ4n) is 3.94. The highest BCUT2D eigenvalue weighted by Crippen LogP contribution is 2.29. The quantitative estimate of drug-likeness (QED) is 0.873. The molecule has 136 valence electrons. The second-order valence-corrected chi connectivity index (χ2v) is 7.24. The zero-order valence-electron chi connectivity index (χ0n) is 14.9. The lowest BCUT2D eigenvalue weighted by atomic mass is 9.93. The van der Waals surface area contributed by atoms with E-state index in [1.165, 1.54) is 5.56 Å². The molecule has 0 aliphatic carbocycles. The molecular weight excluding hydrogens is 316 g/mol. The maximum atomic E-state index is 13.2. The van der Waals surface area contributed by atoms with Crippen molar-refractivity contribution in [3.63, 3.8) is 0 Å². The summed E-state index contributed by atoms with van der Waals surface area (Å²) in [5, 5.41) is 0. The lowest BCUT2D eigenvalue weighted by molar-refractivity contribution is -0.142. The van der Waals surface area contributed by atoms with Gasteiger partial charge in [0.25, 0.3) is 0 Å². The van der Waals surface area contributed by atoms with E-state index in [1.807, 2.05) is 23.1 Å². The molecule has 2 N–H and O–H groups in total. The van der Waals surface area contributed by atoms with Crippen LogP contribution in [-0.4, -0.2) is 72.8 Å². The van der Waals surface area contributed by atoms with Gasteiger partial charge in [0, 0.05) is 25.6 Å². The molecule has 2 fully saturated rings. The number of primary amides is 1. The van der Waals surface area contributed by atoms with Gasteiger partial charge in [-0.15, -0.1) is 0 Å². The average molecular weight is 344 g/mol. The standard InChI is InChI=1S/C19H28N4O2/c1-21-11-12-23(17(13-21)15-5-3-2-4-6-15)19(25)16-7-9-22(10-8-16)14-18(20)24/h2-6,16-17H,7-14H2,1H3,(H2,20,24)/t17-/m1/s1. The highest BCUT2D eigenvalue weighted by atomic mass is 16.2. The SMILES string of the molecule is CN1CCN(C(=O)C2CCN(CC(N)=O)CC2)[C@@H](c2ccccc2)C1. The number of piperazine rings is 1. The van der Waals surface area contributed by atoms with Crippen molar-refractivity contribution >= 4 is 11.8 Å². The number of carbonyl (C=O) groups excluding carboxylic acids is 2. The van der Waals surface area contributed by atoms with E-state index < -0.39 is 0 Å². The molecule has 0 unspecified atom stereocenters. The van der Waals surface area contributed by atoms with Crippen LogP contribution in [0.1, 0.15) is 24.4 Å². The molecule has 0 spiro atoms. The van der Waals surface area contributed by atoms with Gasteiger partial charge in [0.2, 0.25) is 11.8 Å². The molecule has 2 aliphatic heterocycles. The van der Waals surface area contributed by atoms with Crippen LogP contribution in [0.15, 0.2) is 30.3 Å². The summed E-state index contributed by atoms with van der Waals surface area (Å²) in [6.45, 7) is 4.39. The van der Waals surface area contributed by atoms with E-state index >= 15 is 0 Å². The van der Waals surface area contributed by atoms with Gasteiger partial charge in [0.05, 0.1) is 12.6 Å². The Morgan fingerprint density at radius 1 is 1.08 bits per heavy atom. The summed E-state index contributed by atoms with van der Waals surface area (Å²) >= 11 is 0. The van der Waals surface area contributed by atoms with E-state index in [0.29, 0.717) is 6.54 Å². The summed E-state index contributed by atoms with van der Waals surface area (Å²) < 4.78 is 0. The van der Waals surface area contributed by atoms with Gasteiger partial charge in [0.1, 0.15) is 0 Å². The molecule has 0 aromatic heterocycles. The number of benzene rings is 1. The third kappa shape index (κ3) is 4.38. The second kappa shape index (κ2) is 7.97. The van der Waals surface area contributed by atoms with Crippen LogP contribution < -0.4 is 5.73 Å². The molecule has 1 aromatic carbocycles. The van der Waals surface area contributed by atoms with Crippen LogP contribution in [0.4, 0.5) is 0 Å². The Morgan fingerprint density at radius 2 is 1.76 bits per heavy atom. The van der Waals surface area contributed by atoms with E-state index in [9.17, 15) is 9.59 Å². The number of piperidine rings is 1. The van der Waals surface area contributed by atoms with Crippen molar-refractivity contribution in [2.75, 3.05) is 46.3 Å². The first-order valence-electron chi connectivity index (χ1n) is 9.09. The third-order valence-electron chi connectivity index (χ3n) is 5.37. The van der Waals surface area contributed by atoms with Gasteiger partial charge in [-0.05, 0) is 38.5 Å². The van der Waals surface area contributed by atoms with Crippen LogP contribution in [0.25, 0.3) is 0 Å². The molecule has 6 nitrogen and oxygen atoms in total. The maximum absolute atomic E-state index is 13.2. The first kappa shape index (κ1) is 17.9. The fraction of sp³-hybridized carbons (Fsp3) is 0.579. The van der Waals surface area contributed by atoms with Crippen LogP contribution >= 0.6 is 0 Å². The van der Waals surface area contributed by atoms with Gasteiger partial charge in [-0.25, -0.2) is 0 Å². The van der Waals surface area contributed by atoms with E-state index in [-0.39, 0.29) is 23.8 Å². The average Bonchev–Trinajstić information content (AvgIpc) is 2.62. The number of amides is 2. The minimum Gasteiger partial charge on any atom is -0.369 e. The predicted octanol–water partition coefficient (Wildman–Crippen LogP) is 0.699. The molecule has 0 saturated carbocycles. The molecule has 0 bridgehead atoms. The highest BCUT2D eigenvalue weighted by molar-refractivity contribution is 5.80. The first-order chi connectivity index (χ1) is 12.0. The van der Waals surface area contributed by atoms with E-state index in [1.54, 1.807) is 0 Å². The number of nitrogens with zero attached hydrogens (tertiary/aromatic N) is 3. The van der Waals surface area contributed by atoms with E-state index in [2.05, 4.69) is 29.0 Å². The Labute approximate surface area is 149 Å². The zero-order chi connectivity index (χ0) is 17.8. The van der Waals surface area contributed by atoms with Gasteiger partial charge in [-0.3, -0.25) is 14.5 Å². The van der Waals surface area contributed by atoms with Crippen molar-refractivity contribution in [2.24, 2.45) is 11.7 Å². The van der Waals surface area contributed by atoms with Crippen molar-refractivity contribution in [1.29, 1.82) is 0 Å². The summed E-state index contributed by atoms with van der Waals surface area (Å²) in [4.78, 5) is 30.6. The monoisotopic (exact) mass is 344 g/mol. The molecular formula is C19H28N4O2. The number of likely N-dealkylation sites (N-methyl/N-ethyl adjacent to an activating group) is 1. The highest BCUT2D eigenvalue weighted by Gasteiger charge is 2.35. The number of carbonyl (C=O) groups is 2. The van der Waals surface area contributed by atoms with Crippen LogP contribution in [0.5, 0.6) is 0 Å². The summed E-state index contributed by atoms with van der Waals surface area (Å²) in [6.07, 6.45) is 1.61. The van der Waals surface area contributed by atoms with Crippen molar-refractivity contribution in [1.82, 2.24) is 14.7 Å². The van der Waals surface area contributed by atoms with Crippen LogP contribution in [0.3, 0.4) is 0 Å². The normalized spacial score (nSPS) is 23.6. The molecule has 2 heterocycles. The molecule has 25 heavy (non-hydrogen) atoms. The summed E-state index contributed by atoms with van der Waals surface area (Å²) in [5.74, 6) is 0.0207. The number of likely N-dealkylation sites (tertiary alicyclic amines) is 1. The largest absolute Gasteiger partial charge is 0.369 e. The van der Waals surface area contributed by atoms with Crippen molar-refractivity contribution in [3.8, 4) is 0 Å². The maximum Gasteiger partial charge on any atom is 0.231 e. The minimum atomic E-state index is -0.298. The number of hydrogen-bond acceptors (Lipinski definition) is 4. The molecule has 2 amide bonds. The minimum absolute atomic E-state index is 0.0544. The molecule has 1 atom stereocenters. The van der Waals surface area contributed by atoms with Crippen molar-refractivity contribution in [2.45, 2.75) is 18.9 Å². The first-order valence-corrected chi connectivity index (χ1v) is 9.09. The molecule has 2 aliphatic rings. The van der Waals surface area contributed by atoms with Crippen LogP contribution in [0, 0.1) is 5.92 Å². The van der Waals surface area contributed by atoms with Gasteiger partial charge >= 0.3 is 0 Å². The summed E-state index contributed by atoms with van der Waals surface area (Å²) in [7, 11) is 2.11. The number of hydrogen-bond donors (Lipinski definition) is 1. The molecule has 0 radical (unpaired) electrons. The molecule has 1 aromatic rings. The van der Waals surface area contributed by atoms with Gasteiger partial charge in [0.15, 0.2) is 0 Å². The van der Waals surface area contributed by atoms with Crippen molar-refractivity contribution < 1.29 is 9.59 Å². The van der Waals surface area contributed by atoms with E-state index in [0.717, 1.165) is 45.6 Å². The number of nitrogens with two attached hydrogens (primary N) is 1. The Balaban J connectivity index is 1.66. The summed E-state index contributed by atoms with van der Waals surface area (Å²) in [6, 6.07) is 10.4. The second-order valence-electron chi connectivity index (χ2n) is 7.24. The smallest absolute Gasteiger partial charge is 0.231 e. The topological polar surface area (TPSA) is 69.9 Å². The Bertz CT molecular complexity index is 599. The molecule has 2 saturated heterocycles.